The van der Waals surface area contributed by atoms with Crippen LogP contribution in [0.25, 0.3) is 0 Å². The minimum atomic E-state index is -0.759. The Hall–Kier alpha value is -0.220. The lowest BCUT2D eigenvalue weighted by atomic mass is 9.85. The molecular formula is C7H11NO2S. The summed E-state index contributed by atoms with van der Waals surface area (Å²) in [6.07, 6.45) is 2.12. The van der Waals surface area contributed by atoms with E-state index in [-0.39, 0.29) is 5.75 Å². The Balaban J connectivity index is 2.12. The molecule has 2 N–H and O–H groups in total. The summed E-state index contributed by atoms with van der Waals surface area (Å²) in [5.74, 6) is -0.250. The first-order valence-corrected chi connectivity index (χ1v) is 4.63. The summed E-state index contributed by atoms with van der Waals surface area (Å²) < 4.78 is 0. The predicted octanol–water partition coefficient (Wildman–Crippen LogP) is 1.03. The van der Waals surface area contributed by atoms with Crippen molar-refractivity contribution >= 4 is 17.7 Å². The van der Waals surface area contributed by atoms with Crippen LogP contribution < -0.4 is 5.73 Å². The first kappa shape index (κ1) is 8.87. The molecule has 1 saturated carbocycles. The number of nitrogens with one attached hydrogen (secondary N) is 1. The van der Waals surface area contributed by atoms with Gasteiger partial charge in [0.1, 0.15) is 0 Å². The standard InChI is InChI=1S/C7H11NO2S/c8-3-5-1-2-6(5)11-4-7(9)10/h3,5-6,8H,1-2,4H2,(H,9,10). The highest BCUT2D eigenvalue weighted by Gasteiger charge is 2.30. The molecule has 0 aliphatic heterocycles. The lowest BCUT2D eigenvalue weighted by molar-refractivity contribution is -0.133. The Morgan fingerprint density at radius 3 is 2.82 bits per heavy atom. The molecule has 0 aromatic carbocycles. The molecule has 2 radical (unpaired) electrons. The maximum absolute atomic E-state index is 10.2. The molecular weight excluding hydrogens is 162 g/mol. The highest BCUT2D eigenvalue weighted by atomic mass is 32.2. The average Bonchev–Trinajstić information content (AvgIpc) is 1.86. The minimum absolute atomic E-state index is 0.176. The lowest BCUT2D eigenvalue weighted by Crippen LogP contribution is -2.30. The molecule has 1 aliphatic carbocycles. The highest BCUT2D eigenvalue weighted by Crippen LogP contribution is 2.38. The Kier molecular flexibility index (Phi) is 3.20. The van der Waals surface area contributed by atoms with E-state index in [4.69, 9.17) is 10.8 Å². The van der Waals surface area contributed by atoms with E-state index in [2.05, 4.69) is 0 Å². The number of rotatable bonds is 4. The van der Waals surface area contributed by atoms with Crippen LogP contribution in [0.4, 0.5) is 0 Å². The first-order chi connectivity index (χ1) is 5.24. The molecule has 0 heterocycles. The molecule has 0 bridgehead atoms. The van der Waals surface area contributed by atoms with Gasteiger partial charge in [-0.25, -0.2) is 0 Å². The SMILES string of the molecule is [NH][CH]C1CCC1SCC(=O)O. The molecule has 1 fully saturated rings. The average molecular weight is 173 g/mol. The van der Waals surface area contributed by atoms with Gasteiger partial charge in [-0.3, -0.25) is 10.5 Å². The van der Waals surface area contributed by atoms with Gasteiger partial charge in [0.2, 0.25) is 0 Å². The monoisotopic (exact) mass is 173 g/mol. The second kappa shape index (κ2) is 3.97. The third-order valence-electron chi connectivity index (χ3n) is 1.90. The van der Waals surface area contributed by atoms with E-state index in [0.717, 1.165) is 12.8 Å². The maximum Gasteiger partial charge on any atom is 0.313 e. The molecule has 1 rings (SSSR count). The molecule has 2 unspecified atom stereocenters. The van der Waals surface area contributed by atoms with Gasteiger partial charge in [0.25, 0.3) is 0 Å². The Labute approximate surface area is 70.3 Å². The van der Waals surface area contributed by atoms with Gasteiger partial charge in [0.15, 0.2) is 0 Å². The van der Waals surface area contributed by atoms with Gasteiger partial charge in [-0.2, -0.15) is 0 Å². The summed E-state index contributed by atoms with van der Waals surface area (Å²) in [5.41, 5.74) is 6.99. The van der Waals surface area contributed by atoms with Crippen LogP contribution in [0.3, 0.4) is 0 Å². The third kappa shape index (κ3) is 2.38. The van der Waals surface area contributed by atoms with Crippen molar-refractivity contribution in [3.63, 3.8) is 0 Å². The number of carboxylic acids is 1. The van der Waals surface area contributed by atoms with Gasteiger partial charge in [0, 0.05) is 11.8 Å². The molecule has 0 spiro atoms. The molecule has 0 saturated heterocycles. The fourth-order valence-electron chi connectivity index (χ4n) is 1.07. The van der Waals surface area contributed by atoms with Crippen molar-refractivity contribution in [1.29, 1.82) is 0 Å². The van der Waals surface area contributed by atoms with Gasteiger partial charge < -0.3 is 5.11 Å². The van der Waals surface area contributed by atoms with E-state index in [1.807, 2.05) is 0 Å². The zero-order chi connectivity index (χ0) is 8.27. The maximum atomic E-state index is 10.2. The van der Waals surface area contributed by atoms with Crippen LogP contribution >= 0.6 is 11.8 Å². The molecule has 2 atom stereocenters. The lowest BCUT2D eigenvalue weighted by Gasteiger charge is -2.34. The third-order valence-corrected chi connectivity index (χ3v) is 3.32. The Morgan fingerprint density at radius 2 is 2.45 bits per heavy atom. The second-order valence-corrected chi connectivity index (χ2v) is 3.88. The Bertz CT molecular complexity index is 149. The summed E-state index contributed by atoms with van der Waals surface area (Å²) in [7, 11) is 0. The molecule has 4 heteroatoms. The van der Waals surface area contributed by atoms with Gasteiger partial charge >= 0.3 is 5.97 Å². The quantitative estimate of drug-likeness (QED) is 0.690. The Morgan fingerprint density at radius 1 is 1.73 bits per heavy atom. The van der Waals surface area contributed by atoms with Crippen molar-refractivity contribution in [3.8, 4) is 0 Å². The normalized spacial score (nSPS) is 29.5. The van der Waals surface area contributed by atoms with Crippen LogP contribution in [0.2, 0.25) is 0 Å². The van der Waals surface area contributed by atoms with Crippen molar-refractivity contribution in [3.05, 3.63) is 6.54 Å². The fourth-order valence-corrected chi connectivity index (χ4v) is 2.19. The van der Waals surface area contributed by atoms with E-state index in [1.54, 1.807) is 0 Å². The number of hydrogen-bond acceptors (Lipinski definition) is 2. The summed E-state index contributed by atoms with van der Waals surface area (Å²) in [4.78, 5) is 10.2. The molecule has 11 heavy (non-hydrogen) atoms. The zero-order valence-corrected chi connectivity index (χ0v) is 6.93. The van der Waals surface area contributed by atoms with Crippen LogP contribution in [0, 0.1) is 12.5 Å². The highest BCUT2D eigenvalue weighted by molar-refractivity contribution is 8.00. The minimum Gasteiger partial charge on any atom is -0.481 e. The molecule has 0 aromatic rings. The van der Waals surface area contributed by atoms with Crippen LogP contribution in [0.15, 0.2) is 0 Å². The molecule has 3 nitrogen and oxygen atoms in total. The van der Waals surface area contributed by atoms with Crippen LogP contribution in [-0.2, 0) is 4.79 Å². The van der Waals surface area contributed by atoms with Crippen molar-refractivity contribution < 1.29 is 9.90 Å². The van der Waals surface area contributed by atoms with E-state index < -0.39 is 5.97 Å². The van der Waals surface area contributed by atoms with E-state index in [1.165, 1.54) is 18.3 Å². The smallest absolute Gasteiger partial charge is 0.313 e. The summed E-state index contributed by atoms with van der Waals surface area (Å²) in [6.45, 7) is 1.43. The topological polar surface area (TPSA) is 61.1 Å². The van der Waals surface area contributed by atoms with Crippen LogP contribution in [0.1, 0.15) is 12.8 Å². The number of carboxylic acid groups (broad SMARTS) is 1. The molecule has 62 valence electrons. The molecule has 0 aromatic heterocycles. The van der Waals surface area contributed by atoms with Crippen molar-refractivity contribution in [2.45, 2.75) is 18.1 Å². The van der Waals surface area contributed by atoms with Gasteiger partial charge in [-0.1, -0.05) is 0 Å². The van der Waals surface area contributed by atoms with E-state index in [9.17, 15) is 4.79 Å². The zero-order valence-electron chi connectivity index (χ0n) is 6.12. The number of hydrogen-bond donors (Lipinski definition) is 1. The van der Waals surface area contributed by atoms with E-state index >= 15 is 0 Å². The van der Waals surface area contributed by atoms with Crippen LogP contribution in [0.5, 0.6) is 0 Å². The summed E-state index contributed by atoms with van der Waals surface area (Å²) >= 11 is 1.45. The second-order valence-electron chi connectivity index (χ2n) is 2.65. The van der Waals surface area contributed by atoms with Crippen LogP contribution in [-0.4, -0.2) is 22.1 Å². The van der Waals surface area contributed by atoms with Crippen molar-refractivity contribution in [2.24, 2.45) is 5.92 Å². The van der Waals surface area contributed by atoms with Crippen molar-refractivity contribution in [1.82, 2.24) is 5.73 Å². The summed E-state index contributed by atoms with van der Waals surface area (Å²) in [6, 6.07) is 0. The number of aliphatic carboxylic acids is 1. The first-order valence-electron chi connectivity index (χ1n) is 3.58. The predicted molar refractivity (Wildman–Crippen MR) is 44.0 cm³/mol. The molecule has 0 amide bonds. The number of carbonyl (C=O) groups is 1. The van der Waals surface area contributed by atoms with Crippen molar-refractivity contribution in [2.75, 3.05) is 5.75 Å². The largest absolute Gasteiger partial charge is 0.481 e. The molecule has 1 aliphatic rings. The van der Waals surface area contributed by atoms with Gasteiger partial charge in [-0.05, 0) is 18.8 Å². The number of thioether (sulfide) groups is 1. The van der Waals surface area contributed by atoms with Gasteiger partial charge in [-0.15, -0.1) is 11.8 Å². The van der Waals surface area contributed by atoms with E-state index in [0.29, 0.717) is 11.2 Å². The fraction of sp³-hybridized carbons (Fsp3) is 0.714. The van der Waals surface area contributed by atoms with Gasteiger partial charge in [0.05, 0.1) is 5.75 Å². The summed E-state index contributed by atoms with van der Waals surface area (Å²) in [5, 5.41) is 8.76.